The van der Waals surface area contributed by atoms with Gasteiger partial charge in [0.2, 0.25) is 0 Å². The molecule has 0 spiro atoms. The van der Waals surface area contributed by atoms with E-state index >= 15 is 0 Å². The van der Waals surface area contributed by atoms with Crippen LogP contribution in [-0.4, -0.2) is 16.8 Å². The van der Waals surface area contributed by atoms with Gasteiger partial charge in [-0.05, 0) is 24.6 Å². The molecule has 0 fully saturated rings. The highest BCUT2D eigenvalue weighted by Gasteiger charge is 2.17. The molecule has 0 saturated heterocycles. The average Bonchev–Trinajstić information content (AvgIpc) is 3.11. The first-order valence-corrected chi connectivity index (χ1v) is 8.80. The van der Waals surface area contributed by atoms with E-state index in [1.165, 1.54) is 18.2 Å². The summed E-state index contributed by atoms with van der Waals surface area (Å²) in [6, 6.07) is 15.0. The van der Waals surface area contributed by atoms with Gasteiger partial charge < -0.3 is 5.32 Å². The predicted octanol–water partition coefficient (Wildman–Crippen LogP) is 4.03. The minimum Gasteiger partial charge on any atom is -0.344 e. The van der Waals surface area contributed by atoms with Crippen LogP contribution in [0.25, 0.3) is 0 Å². The number of anilines is 1. The zero-order valence-electron chi connectivity index (χ0n) is 13.9. The van der Waals surface area contributed by atoms with Crippen LogP contribution in [0.1, 0.15) is 39.4 Å². The first kappa shape index (κ1) is 17.8. The fraction of sp³-hybridized carbons (Fsp3) is 0.105. The second kappa shape index (κ2) is 7.88. The van der Waals surface area contributed by atoms with Crippen molar-refractivity contribution in [1.82, 2.24) is 10.3 Å². The first-order chi connectivity index (χ1) is 12.5. The van der Waals surface area contributed by atoms with Gasteiger partial charge in [-0.3, -0.25) is 14.9 Å². The zero-order valence-corrected chi connectivity index (χ0v) is 14.7. The number of rotatable bonds is 5. The Bertz CT molecular complexity index is 927. The summed E-state index contributed by atoms with van der Waals surface area (Å²) in [5.41, 5.74) is 1.09. The number of amides is 2. The summed E-state index contributed by atoms with van der Waals surface area (Å²) in [6.45, 7) is 1.88. The molecular weight excluding hydrogens is 353 g/mol. The second-order valence-corrected chi connectivity index (χ2v) is 6.44. The summed E-state index contributed by atoms with van der Waals surface area (Å²) in [4.78, 5) is 28.5. The number of aromatic nitrogens is 1. The maximum atomic E-state index is 13.6. The molecule has 2 N–H and O–H groups in total. The third kappa shape index (κ3) is 4.12. The molecule has 0 aliphatic heterocycles. The molecule has 1 heterocycles. The summed E-state index contributed by atoms with van der Waals surface area (Å²) in [5, 5.41) is 7.14. The van der Waals surface area contributed by atoms with Crippen molar-refractivity contribution in [3.63, 3.8) is 0 Å². The number of nitrogens with zero attached hydrogens (tertiary/aromatic N) is 1. The third-order valence-electron chi connectivity index (χ3n) is 3.72. The van der Waals surface area contributed by atoms with E-state index in [0.29, 0.717) is 0 Å². The Labute approximate surface area is 153 Å². The number of carbonyl (C=O) groups excluding carboxylic acids is 2. The monoisotopic (exact) mass is 369 g/mol. The molecular formula is C19H16FN3O2S. The van der Waals surface area contributed by atoms with Crippen LogP contribution in [0.3, 0.4) is 0 Å². The van der Waals surface area contributed by atoms with Gasteiger partial charge >= 0.3 is 0 Å². The van der Waals surface area contributed by atoms with Gasteiger partial charge in [-0.15, -0.1) is 11.3 Å². The molecule has 2 amide bonds. The zero-order chi connectivity index (χ0) is 18.5. The van der Waals surface area contributed by atoms with Crippen LogP contribution in [0.2, 0.25) is 0 Å². The first-order valence-electron chi connectivity index (χ1n) is 7.92. The summed E-state index contributed by atoms with van der Waals surface area (Å²) in [5.74, 6) is -1.57. The minimum absolute atomic E-state index is 0.0774. The molecule has 132 valence electrons. The van der Waals surface area contributed by atoms with E-state index in [0.717, 1.165) is 16.9 Å². The van der Waals surface area contributed by atoms with Crippen LogP contribution in [0.15, 0.2) is 60.0 Å². The van der Waals surface area contributed by atoms with Crippen molar-refractivity contribution in [3.8, 4) is 0 Å². The normalized spacial score (nSPS) is 11.6. The Hall–Kier alpha value is -3.06. The Morgan fingerprint density at radius 3 is 2.46 bits per heavy atom. The molecule has 0 aliphatic rings. The van der Waals surface area contributed by atoms with Crippen LogP contribution >= 0.6 is 11.3 Å². The second-order valence-electron chi connectivity index (χ2n) is 5.58. The Balaban J connectivity index is 1.65. The highest BCUT2D eigenvalue weighted by atomic mass is 32.1. The highest BCUT2D eigenvalue weighted by molar-refractivity contribution is 7.14. The lowest BCUT2D eigenvalue weighted by atomic mass is 10.1. The van der Waals surface area contributed by atoms with E-state index in [-0.39, 0.29) is 28.3 Å². The number of nitrogens with one attached hydrogen (secondary N) is 2. The summed E-state index contributed by atoms with van der Waals surface area (Å²) in [6.07, 6.45) is 0. The quantitative estimate of drug-likeness (QED) is 0.713. The van der Waals surface area contributed by atoms with Crippen molar-refractivity contribution >= 4 is 28.3 Å². The Morgan fingerprint density at radius 1 is 1.04 bits per heavy atom. The largest absolute Gasteiger partial charge is 0.344 e. The topological polar surface area (TPSA) is 71.1 Å². The Kier molecular flexibility index (Phi) is 5.38. The van der Waals surface area contributed by atoms with Crippen LogP contribution < -0.4 is 10.6 Å². The number of benzene rings is 2. The number of halogens is 1. The molecule has 26 heavy (non-hydrogen) atoms. The molecule has 5 nitrogen and oxygen atoms in total. The maximum absolute atomic E-state index is 13.6. The number of thiazole rings is 1. The third-order valence-corrected chi connectivity index (χ3v) is 4.48. The van der Waals surface area contributed by atoms with Crippen molar-refractivity contribution < 1.29 is 14.0 Å². The number of hydrogen-bond acceptors (Lipinski definition) is 4. The van der Waals surface area contributed by atoms with Gasteiger partial charge in [0.1, 0.15) is 11.5 Å². The molecule has 0 saturated carbocycles. The van der Waals surface area contributed by atoms with E-state index in [2.05, 4.69) is 15.6 Å². The van der Waals surface area contributed by atoms with Gasteiger partial charge in [-0.25, -0.2) is 9.37 Å². The van der Waals surface area contributed by atoms with Gasteiger partial charge in [0, 0.05) is 5.38 Å². The smallest absolute Gasteiger partial charge is 0.271 e. The van der Waals surface area contributed by atoms with Crippen LogP contribution in [0, 0.1) is 5.82 Å². The molecule has 1 atom stereocenters. The fourth-order valence-electron chi connectivity index (χ4n) is 2.34. The van der Waals surface area contributed by atoms with Crippen molar-refractivity contribution in [1.29, 1.82) is 0 Å². The van der Waals surface area contributed by atoms with Gasteiger partial charge in [-0.1, -0.05) is 42.5 Å². The molecule has 1 unspecified atom stereocenters. The molecule has 2 aromatic carbocycles. The lowest BCUT2D eigenvalue weighted by molar-refractivity contribution is 0.0934. The molecule has 3 aromatic rings. The number of carbonyl (C=O) groups is 2. The van der Waals surface area contributed by atoms with E-state index in [1.54, 1.807) is 11.4 Å². The van der Waals surface area contributed by atoms with Gasteiger partial charge in [0.25, 0.3) is 11.8 Å². The Morgan fingerprint density at radius 2 is 1.73 bits per heavy atom. The fourth-order valence-corrected chi connectivity index (χ4v) is 3.03. The van der Waals surface area contributed by atoms with Crippen molar-refractivity contribution in [2.75, 3.05) is 5.32 Å². The van der Waals surface area contributed by atoms with Crippen molar-refractivity contribution in [2.24, 2.45) is 0 Å². The maximum Gasteiger partial charge on any atom is 0.271 e. The summed E-state index contributed by atoms with van der Waals surface area (Å²) in [7, 11) is 0. The molecule has 3 rings (SSSR count). The van der Waals surface area contributed by atoms with Crippen LogP contribution in [-0.2, 0) is 0 Å². The van der Waals surface area contributed by atoms with Crippen LogP contribution in [0.5, 0.6) is 0 Å². The molecule has 1 aromatic heterocycles. The van der Waals surface area contributed by atoms with Gasteiger partial charge in [-0.2, -0.15) is 0 Å². The SMILES string of the molecule is CC(NC(=O)c1csc(NC(=O)c2ccccc2F)n1)c1ccccc1. The van der Waals surface area contributed by atoms with Gasteiger partial charge in [0.05, 0.1) is 11.6 Å². The lowest BCUT2D eigenvalue weighted by Crippen LogP contribution is -2.27. The number of hydrogen-bond donors (Lipinski definition) is 2. The van der Waals surface area contributed by atoms with E-state index in [9.17, 15) is 14.0 Å². The van der Waals surface area contributed by atoms with Crippen molar-refractivity contribution in [3.05, 3.63) is 82.6 Å². The highest BCUT2D eigenvalue weighted by Crippen LogP contribution is 2.19. The van der Waals surface area contributed by atoms with E-state index in [1.807, 2.05) is 37.3 Å². The molecule has 0 aliphatic carbocycles. The predicted molar refractivity (Wildman–Crippen MR) is 98.8 cm³/mol. The summed E-state index contributed by atoms with van der Waals surface area (Å²) < 4.78 is 13.6. The minimum atomic E-state index is -0.615. The summed E-state index contributed by atoms with van der Waals surface area (Å²) >= 11 is 1.10. The van der Waals surface area contributed by atoms with Crippen LogP contribution in [0.4, 0.5) is 9.52 Å². The molecule has 0 radical (unpaired) electrons. The van der Waals surface area contributed by atoms with Gasteiger partial charge in [0.15, 0.2) is 5.13 Å². The standard InChI is InChI=1S/C19H16FN3O2S/c1-12(13-7-3-2-4-8-13)21-18(25)16-11-26-19(22-16)23-17(24)14-9-5-6-10-15(14)20/h2-12H,1H3,(H,21,25)(H,22,23,24). The van der Waals surface area contributed by atoms with E-state index < -0.39 is 11.7 Å². The van der Waals surface area contributed by atoms with Crippen molar-refractivity contribution in [2.45, 2.75) is 13.0 Å². The molecule has 7 heteroatoms. The molecule has 0 bridgehead atoms. The average molecular weight is 369 g/mol. The van der Waals surface area contributed by atoms with E-state index in [4.69, 9.17) is 0 Å². The lowest BCUT2D eigenvalue weighted by Gasteiger charge is -2.13.